The first kappa shape index (κ1) is 21.7. The van der Waals surface area contributed by atoms with E-state index in [1.54, 1.807) is 0 Å². The highest BCUT2D eigenvalue weighted by atomic mass is 35.5. The van der Waals surface area contributed by atoms with Crippen LogP contribution < -0.4 is 10.6 Å². The summed E-state index contributed by atoms with van der Waals surface area (Å²) >= 11 is 0. The van der Waals surface area contributed by atoms with E-state index in [2.05, 4.69) is 51.0 Å². The number of H-pyrrole nitrogens is 1. The van der Waals surface area contributed by atoms with Crippen LogP contribution >= 0.6 is 12.4 Å². The van der Waals surface area contributed by atoms with E-state index in [4.69, 9.17) is 5.73 Å². The number of aryl methyl sites for hydroxylation is 1. The third kappa shape index (κ3) is 4.12. The smallest absolute Gasteiger partial charge is 0.244 e. The minimum atomic E-state index is -0.478. The van der Waals surface area contributed by atoms with Gasteiger partial charge >= 0.3 is 0 Å². The van der Waals surface area contributed by atoms with E-state index in [0.29, 0.717) is 18.8 Å². The Labute approximate surface area is 192 Å². The molecule has 8 heteroatoms. The lowest BCUT2D eigenvalue weighted by molar-refractivity contribution is -0.120. The molecule has 0 saturated carbocycles. The zero-order valence-electron chi connectivity index (χ0n) is 17.3. The van der Waals surface area contributed by atoms with Crippen LogP contribution in [0.2, 0.25) is 0 Å². The molecule has 0 bridgehead atoms. The lowest BCUT2D eigenvalue weighted by Gasteiger charge is -2.25. The molecule has 0 saturated heterocycles. The van der Waals surface area contributed by atoms with E-state index >= 15 is 0 Å². The van der Waals surface area contributed by atoms with Crippen LogP contribution in [0.5, 0.6) is 0 Å². The van der Waals surface area contributed by atoms with Gasteiger partial charge in [0.05, 0.1) is 12.6 Å². The van der Waals surface area contributed by atoms with Gasteiger partial charge in [0.2, 0.25) is 11.7 Å². The molecule has 162 valence electrons. The molecular weight excluding hydrogens is 424 g/mol. The van der Waals surface area contributed by atoms with Crippen LogP contribution in [0.3, 0.4) is 0 Å². The van der Waals surface area contributed by atoms with E-state index < -0.39 is 6.04 Å². The molecule has 0 aliphatic carbocycles. The Hall–Kier alpha value is -3.55. The van der Waals surface area contributed by atoms with Crippen molar-refractivity contribution in [3.63, 3.8) is 0 Å². The topological polar surface area (TPSA) is 101 Å². The predicted molar refractivity (Wildman–Crippen MR) is 126 cm³/mol. The molecule has 1 aliphatic heterocycles. The zero-order chi connectivity index (χ0) is 21.2. The summed E-state index contributed by atoms with van der Waals surface area (Å²) < 4.78 is 0. The number of amides is 1. The van der Waals surface area contributed by atoms with Crippen molar-refractivity contribution < 1.29 is 4.79 Å². The number of tetrazole rings is 1. The van der Waals surface area contributed by atoms with Gasteiger partial charge in [0.15, 0.2) is 0 Å². The number of carbonyl (C=O) groups is 1. The molecule has 1 amide bonds. The molecule has 32 heavy (non-hydrogen) atoms. The molecule has 0 fully saturated rings. The molecule has 1 atom stereocenters. The molecule has 0 spiro atoms. The predicted octanol–water partition coefficient (Wildman–Crippen LogP) is 3.76. The number of fused-ring (bicyclic) bond motifs is 1. The number of aromatic nitrogens is 4. The van der Waals surface area contributed by atoms with Crippen LogP contribution in [0.25, 0.3) is 22.5 Å². The van der Waals surface area contributed by atoms with Gasteiger partial charge in [-0.25, -0.2) is 0 Å². The SMILES string of the molecule is Cl.N[C@@H]1CCc2ccccc2N(Cc2ccc(-c3ccccc3-c3nn[nH]n3)cc2)C1=O. The van der Waals surface area contributed by atoms with Gasteiger partial charge in [-0.15, -0.1) is 22.6 Å². The van der Waals surface area contributed by atoms with Crippen molar-refractivity contribution in [2.24, 2.45) is 5.73 Å². The minimum Gasteiger partial charge on any atom is -0.320 e. The number of hydrogen-bond donors (Lipinski definition) is 2. The second-order valence-electron chi connectivity index (χ2n) is 7.68. The largest absolute Gasteiger partial charge is 0.320 e. The first-order valence-electron chi connectivity index (χ1n) is 10.3. The van der Waals surface area contributed by atoms with Gasteiger partial charge in [-0.1, -0.05) is 66.7 Å². The lowest BCUT2D eigenvalue weighted by atomic mass is 9.98. The Morgan fingerprint density at radius 1 is 0.969 bits per heavy atom. The number of nitrogens with one attached hydrogen (secondary N) is 1. The van der Waals surface area contributed by atoms with Crippen molar-refractivity contribution in [3.8, 4) is 22.5 Å². The molecule has 3 N–H and O–H groups in total. The molecule has 5 rings (SSSR count). The fourth-order valence-corrected chi connectivity index (χ4v) is 4.08. The quantitative estimate of drug-likeness (QED) is 0.497. The third-order valence-corrected chi connectivity index (χ3v) is 5.71. The van der Waals surface area contributed by atoms with Crippen molar-refractivity contribution in [2.75, 3.05) is 4.90 Å². The highest BCUT2D eigenvalue weighted by molar-refractivity contribution is 5.98. The molecular formula is C24H23ClN6O. The van der Waals surface area contributed by atoms with Crippen LogP contribution in [-0.4, -0.2) is 32.6 Å². The normalized spacial score (nSPS) is 15.6. The summed E-state index contributed by atoms with van der Waals surface area (Å²) in [6.07, 6.45) is 1.48. The van der Waals surface area contributed by atoms with E-state index in [1.165, 1.54) is 0 Å². The maximum atomic E-state index is 13.0. The summed E-state index contributed by atoms with van der Waals surface area (Å²) in [4.78, 5) is 14.8. The van der Waals surface area contributed by atoms with Gasteiger partial charge in [0.1, 0.15) is 0 Å². The van der Waals surface area contributed by atoms with E-state index in [-0.39, 0.29) is 18.3 Å². The number of rotatable bonds is 4. The van der Waals surface area contributed by atoms with Crippen molar-refractivity contribution in [1.29, 1.82) is 0 Å². The number of aromatic amines is 1. The zero-order valence-corrected chi connectivity index (χ0v) is 18.1. The maximum absolute atomic E-state index is 13.0. The molecule has 0 radical (unpaired) electrons. The lowest BCUT2D eigenvalue weighted by Crippen LogP contribution is -2.42. The van der Waals surface area contributed by atoms with Crippen molar-refractivity contribution >= 4 is 24.0 Å². The highest BCUT2D eigenvalue weighted by Gasteiger charge is 2.27. The first-order valence-corrected chi connectivity index (χ1v) is 10.3. The summed E-state index contributed by atoms with van der Waals surface area (Å²) in [5, 5.41) is 14.4. The van der Waals surface area contributed by atoms with Crippen LogP contribution in [0.4, 0.5) is 5.69 Å². The Bertz CT molecular complexity index is 1210. The van der Waals surface area contributed by atoms with Crippen LogP contribution in [0.1, 0.15) is 17.5 Å². The summed E-state index contributed by atoms with van der Waals surface area (Å²) in [6, 6.07) is 23.7. The van der Waals surface area contributed by atoms with Crippen molar-refractivity contribution in [3.05, 3.63) is 83.9 Å². The van der Waals surface area contributed by atoms with Crippen molar-refractivity contribution in [1.82, 2.24) is 20.6 Å². The number of benzene rings is 3. The highest BCUT2D eigenvalue weighted by Crippen LogP contribution is 2.31. The summed E-state index contributed by atoms with van der Waals surface area (Å²) in [5.74, 6) is 0.525. The van der Waals surface area contributed by atoms with E-state index in [1.807, 2.05) is 47.4 Å². The maximum Gasteiger partial charge on any atom is 0.244 e. The van der Waals surface area contributed by atoms with Gasteiger partial charge in [0, 0.05) is 11.3 Å². The number of para-hydroxylation sites is 1. The number of nitrogens with zero attached hydrogens (tertiary/aromatic N) is 4. The van der Waals surface area contributed by atoms with Crippen molar-refractivity contribution in [2.45, 2.75) is 25.4 Å². The number of anilines is 1. The Balaban J connectivity index is 0.00000245. The Morgan fingerprint density at radius 3 is 2.44 bits per heavy atom. The van der Waals surface area contributed by atoms with Crippen LogP contribution in [0, 0.1) is 0 Å². The molecule has 7 nitrogen and oxygen atoms in total. The van der Waals surface area contributed by atoms with Gasteiger partial charge < -0.3 is 10.6 Å². The molecule has 2 heterocycles. The summed E-state index contributed by atoms with van der Waals surface area (Å²) in [7, 11) is 0. The fraction of sp³-hybridized carbons (Fsp3) is 0.167. The van der Waals surface area contributed by atoms with Gasteiger partial charge in [0.25, 0.3) is 0 Å². The van der Waals surface area contributed by atoms with Gasteiger partial charge in [-0.3, -0.25) is 4.79 Å². The molecule has 1 aromatic heterocycles. The number of hydrogen-bond acceptors (Lipinski definition) is 5. The number of halogens is 1. The summed E-state index contributed by atoms with van der Waals surface area (Å²) in [5.41, 5.74) is 12.3. The second kappa shape index (κ2) is 9.30. The third-order valence-electron chi connectivity index (χ3n) is 5.71. The number of nitrogens with two attached hydrogens (primary N) is 1. The molecule has 1 aliphatic rings. The second-order valence-corrected chi connectivity index (χ2v) is 7.68. The average molecular weight is 447 g/mol. The Kier molecular flexibility index (Phi) is 6.30. The average Bonchev–Trinajstić information content (AvgIpc) is 3.33. The first-order chi connectivity index (χ1) is 15.2. The Morgan fingerprint density at radius 2 is 1.69 bits per heavy atom. The standard InChI is InChI=1S/C24H22N6O.ClH/c25-21-14-13-18-5-1-4-8-22(18)30(24(21)31)15-16-9-11-17(12-10-16)19-6-2-3-7-20(19)23-26-28-29-27-23;/h1-12,21H,13-15,25H2,(H,26,27,28,29);1H/t21-;/m1./s1. The van der Waals surface area contributed by atoms with Crippen LogP contribution in [-0.2, 0) is 17.8 Å². The molecule has 4 aromatic rings. The van der Waals surface area contributed by atoms with E-state index in [9.17, 15) is 4.79 Å². The van der Waals surface area contributed by atoms with Gasteiger partial charge in [-0.05, 0) is 46.4 Å². The monoisotopic (exact) mass is 446 g/mol. The van der Waals surface area contributed by atoms with Crippen LogP contribution in [0.15, 0.2) is 72.8 Å². The van der Waals surface area contributed by atoms with E-state index in [0.717, 1.165) is 39.9 Å². The minimum absolute atomic E-state index is 0. The van der Waals surface area contributed by atoms with Gasteiger partial charge in [-0.2, -0.15) is 5.21 Å². The fourth-order valence-electron chi connectivity index (χ4n) is 4.08. The molecule has 3 aromatic carbocycles. The number of carbonyl (C=O) groups excluding carboxylic acids is 1. The molecule has 0 unspecified atom stereocenters. The summed E-state index contributed by atoms with van der Waals surface area (Å²) in [6.45, 7) is 0.482.